The zero-order valence-electron chi connectivity index (χ0n) is 15.7. The third-order valence-electron chi connectivity index (χ3n) is 5.33. The molecule has 0 aliphatic carbocycles. The van der Waals surface area contributed by atoms with Crippen LogP contribution in [0.25, 0.3) is 0 Å². The molecule has 1 amide bonds. The molecule has 2 N–H and O–H groups in total. The fourth-order valence-electron chi connectivity index (χ4n) is 3.65. The summed E-state index contributed by atoms with van der Waals surface area (Å²) in [6, 6.07) is 14.5. The van der Waals surface area contributed by atoms with E-state index in [1.165, 1.54) is 6.07 Å². The highest BCUT2D eigenvalue weighted by atomic mass is 35.5. The number of alkyl halides is 3. The largest absolute Gasteiger partial charge is 0.416 e. The number of carbonyl (C=O) groups is 1. The summed E-state index contributed by atoms with van der Waals surface area (Å²) in [4.78, 5) is 14.8. The van der Waals surface area contributed by atoms with E-state index >= 15 is 0 Å². The molecule has 1 heterocycles. The third-order valence-corrected chi connectivity index (χ3v) is 5.33. The number of halogens is 4. The molecule has 3 rings (SSSR count). The SMILES string of the molecule is CC(C)(C(=O)N1C[C@@H](N)[C@H](c2ccccc2)C1)c1cccc(C(F)(F)F)c1.Cl. The Morgan fingerprint density at radius 3 is 2.21 bits per heavy atom. The van der Waals surface area contributed by atoms with E-state index < -0.39 is 17.2 Å². The summed E-state index contributed by atoms with van der Waals surface area (Å²) in [6.45, 7) is 4.17. The first-order chi connectivity index (χ1) is 12.6. The van der Waals surface area contributed by atoms with Gasteiger partial charge in [0.2, 0.25) is 5.91 Å². The van der Waals surface area contributed by atoms with Crippen LogP contribution in [0.3, 0.4) is 0 Å². The maximum absolute atomic E-state index is 13.1. The molecule has 0 unspecified atom stereocenters. The lowest BCUT2D eigenvalue weighted by molar-refractivity contribution is -0.138. The van der Waals surface area contributed by atoms with Crippen LogP contribution in [0, 0.1) is 0 Å². The zero-order valence-corrected chi connectivity index (χ0v) is 16.6. The van der Waals surface area contributed by atoms with Crippen LogP contribution in [-0.2, 0) is 16.4 Å². The fourth-order valence-corrected chi connectivity index (χ4v) is 3.65. The van der Waals surface area contributed by atoms with Crippen molar-refractivity contribution in [3.05, 3.63) is 71.3 Å². The Morgan fingerprint density at radius 2 is 1.61 bits per heavy atom. The van der Waals surface area contributed by atoms with Gasteiger partial charge in [-0.25, -0.2) is 0 Å². The summed E-state index contributed by atoms with van der Waals surface area (Å²) >= 11 is 0. The molecule has 0 spiro atoms. The molecule has 0 aromatic heterocycles. The third kappa shape index (κ3) is 4.33. The minimum atomic E-state index is -4.44. The normalized spacial score (nSPS) is 20.0. The average Bonchev–Trinajstić information content (AvgIpc) is 3.03. The molecule has 28 heavy (non-hydrogen) atoms. The van der Waals surface area contributed by atoms with E-state index in [-0.39, 0.29) is 30.3 Å². The Bertz CT molecular complexity index is 824. The van der Waals surface area contributed by atoms with Crippen molar-refractivity contribution in [3.63, 3.8) is 0 Å². The first-order valence-electron chi connectivity index (χ1n) is 8.88. The quantitative estimate of drug-likeness (QED) is 0.814. The standard InChI is InChI=1S/C21H23F3N2O.ClH/c1-20(2,15-9-6-10-16(11-15)21(22,23)24)19(27)26-12-17(18(25)13-26)14-7-4-3-5-8-14;/h3-11,17-18H,12-13,25H2,1-2H3;1H/t17-,18+;/m0./s1. The van der Waals surface area contributed by atoms with Crippen molar-refractivity contribution >= 4 is 18.3 Å². The lowest BCUT2D eigenvalue weighted by atomic mass is 9.82. The van der Waals surface area contributed by atoms with Crippen LogP contribution in [0.2, 0.25) is 0 Å². The van der Waals surface area contributed by atoms with E-state index in [1.54, 1.807) is 24.8 Å². The minimum Gasteiger partial charge on any atom is -0.340 e. The van der Waals surface area contributed by atoms with Crippen molar-refractivity contribution in [3.8, 4) is 0 Å². The van der Waals surface area contributed by atoms with Gasteiger partial charge in [0.25, 0.3) is 0 Å². The zero-order chi connectivity index (χ0) is 19.8. The highest BCUT2D eigenvalue weighted by Gasteiger charge is 2.41. The molecule has 2 atom stereocenters. The Morgan fingerprint density at radius 1 is 1.00 bits per heavy atom. The van der Waals surface area contributed by atoms with E-state index in [0.717, 1.165) is 17.7 Å². The number of nitrogens with two attached hydrogens (primary N) is 1. The maximum Gasteiger partial charge on any atom is 0.416 e. The van der Waals surface area contributed by atoms with Gasteiger partial charge in [0.1, 0.15) is 0 Å². The number of nitrogens with zero attached hydrogens (tertiary/aromatic N) is 1. The van der Waals surface area contributed by atoms with Gasteiger partial charge in [0.15, 0.2) is 0 Å². The number of carbonyl (C=O) groups excluding carboxylic acids is 1. The average molecular weight is 413 g/mol. The molecule has 152 valence electrons. The summed E-state index contributed by atoms with van der Waals surface area (Å²) < 4.78 is 39.1. The topological polar surface area (TPSA) is 46.3 Å². The fraction of sp³-hybridized carbons (Fsp3) is 0.381. The molecule has 1 saturated heterocycles. The van der Waals surface area contributed by atoms with Crippen molar-refractivity contribution in [2.45, 2.75) is 37.4 Å². The summed E-state index contributed by atoms with van der Waals surface area (Å²) in [7, 11) is 0. The minimum absolute atomic E-state index is 0. The highest BCUT2D eigenvalue weighted by molar-refractivity contribution is 5.88. The van der Waals surface area contributed by atoms with Gasteiger partial charge in [-0.1, -0.05) is 48.5 Å². The second-order valence-corrected chi connectivity index (χ2v) is 7.59. The molecule has 0 radical (unpaired) electrons. The van der Waals surface area contributed by atoms with E-state index in [0.29, 0.717) is 18.7 Å². The van der Waals surface area contributed by atoms with Gasteiger partial charge in [0.05, 0.1) is 11.0 Å². The van der Waals surface area contributed by atoms with Gasteiger partial charge in [0, 0.05) is 25.0 Å². The molecule has 0 saturated carbocycles. The monoisotopic (exact) mass is 412 g/mol. The smallest absolute Gasteiger partial charge is 0.340 e. The van der Waals surface area contributed by atoms with Crippen molar-refractivity contribution < 1.29 is 18.0 Å². The van der Waals surface area contributed by atoms with Crippen LogP contribution in [0.1, 0.15) is 36.5 Å². The number of benzene rings is 2. The maximum atomic E-state index is 13.1. The summed E-state index contributed by atoms with van der Waals surface area (Å²) in [6.07, 6.45) is -4.44. The summed E-state index contributed by atoms with van der Waals surface area (Å²) in [5, 5.41) is 0. The molecule has 3 nitrogen and oxygen atoms in total. The van der Waals surface area contributed by atoms with Crippen LogP contribution < -0.4 is 5.73 Å². The lowest BCUT2D eigenvalue weighted by Gasteiger charge is -2.30. The van der Waals surface area contributed by atoms with Crippen molar-refractivity contribution in [1.82, 2.24) is 4.90 Å². The molecule has 1 aliphatic rings. The molecule has 1 aliphatic heterocycles. The number of amides is 1. The number of rotatable bonds is 3. The van der Waals surface area contributed by atoms with Gasteiger partial charge in [-0.3, -0.25) is 4.79 Å². The molecule has 2 aromatic rings. The van der Waals surface area contributed by atoms with Crippen molar-refractivity contribution in [2.24, 2.45) is 5.73 Å². The van der Waals surface area contributed by atoms with Crippen LogP contribution in [0.5, 0.6) is 0 Å². The number of hydrogen-bond donors (Lipinski definition) is 1. The van der Waals surface area contributed by atoms with Gasteiger partial charge >= 0.3 is 6.18 Å². The predicted molar refractivity (Wildman–Crippen MR) is 105 cm³/mol. The molecule has 2 aromatic carbocycles. The van der Waals surface area contributed by atoms with Crippen LogP contribution in [0.4, 0.5) is 13.2 Å². The van der Waals surface area contributed by atoms with Crippen LogP contribution in [-0.4, -0.2) is 29.9 Å². The van der Waals surface area contributed by atoms with E-state index in [9.17, 15) is 18.0 Å². The first-order valence-corrected chi connectivity index (χ1v) is 8.88. The van der Waals surface area contributed by atoms with E-state index in [4.69, 9.17) is 5.73 Å². The van der Waals surface area contributed by atoms with Gasteiger partial charge in [-0.2, -0.15) is 13.2 Å². The Hall–Kier alpha value is -2.05. The Balaban J connectivity index is 0.00000280. The van der Waals surface area contributed by atoms with Crippen LogP contribution >= 0.6 is 12.4 Å². The van der Waals surface area contributed by atoms with E-state index in [1.807, 2.05) is 30.3 Å². The van der Waals surface area contributed by atoms with Crippen LogP contribution in [0.15, 0.2) is 54.6 Å². The molecule has 1 fully saturated rings. The predicted octanol–water partition coefficient (Wildman–Crippen LogP) is 4.36. The molecule has 7 heteroatoms. The lowest BCUT2D eigenvalue weighted by Crippen LogP contribution is -2.43. The molecule has 0 bridgehead atoms. The molecular formula is C21H24ClF3N2O. The second-order valence-electron chi connectivity index (χ2n) is 7.59. The molecular weight excluding hydrogens is 389 g/mol. The van der Waals surface area contributed by atoms with Crippen molar-refractivity contribution in [1.29, 1.82) is 0 Å². The number of hydrogen-bond acceptors (Lipinski definition) is 2. The summed E-state index contributed by atoms with van der Waals surface area (Å²) in [5.41, 5.74) is 5.85. The summed E-state index contributed by atoms with van der Waals surface area (Å²) in [5.74, 6) is -0.192. The van der Waals surface area contributed by atoms with Gasteiger partial charge in [-0.05, 0) is 31.0 Å². The number of likely N-dealkylation sites (tertiary alicyclic amines) is 1. The Labute approximate surface area is 169 Å². The van der Waals surface area contributed by atoms with E-state index in [2.05, 4.69) is 0 Å². The Kier molecular flexibility index (Phi) is 6.46. The van der Waals surface area contributed by atoms with Gasteiger partial charge in [-0.15, -0.1) is 12.4 Å². The van der Waals surface area contributed by atoms with Gasteiger partial charge < -0.3 is 10.6 Å². The second kappa shape index (κ2) is 8.13. The first kappa shape index (κ1) is 22.2. The van der Waals surface area contributed by atoms with Crippen molar-refractivity contribution in [2.75, 3.05) is 13.1 Å². The highest BCUT2D eigenvalue weighted by Crippen LogP contribution is 2.35.